The fraction of sp³-hybridized carbons (Fsp3) is 0.385. The van der Waals surface area contributed by atoms with E-state index in [4.69, 9.17) is 20.6 Å². The summed E-state index contributed by atoms with van der Waals surface area (Å²) in [4.78, 5) is 0. The van der Waals surface area contributed by atoms with Crippen LogP contribution in [0.25, 0.3) is 0 Å². The molecule has 1 aliphatic rings. The van der Waals surface area contributed by atoms with Crippen molar-refractivity contribution in [3.05, 3.63) is 35.9 Å². The molecule has 1 fully saturated rings. The van der Waals surface area contributed by atoms with Gasteiger partial charge in [-0.05, 0) is 0 Å². The molecule has 0 amide bonds. The zero-order chi connectivity index (χ0) is 11.2. The predicted molar refractivity (Wildman–Crippen MR) is 59.7 cm³/mol. The summed E-state index contributed by atoms with van der Waals surface area (Å²) >= 11 is 0. The van der Waals surface area contributed by atoms with Gasteiger partial charge in [0.15, 0.2) is 6.29 Å². The Labute approximate surface area is 95.3 Å². The molecule has 1 aromatic rings. The molecule has 0 spiro atoms. The van der Waals surface area contributed by atoms with Crippen LogP contribution in [0.4, 0.5) is 0 Å². The Morgan fingerprint density at radius 1 is 1.38 bits per heavy atom. The topological polar surface area (TPSA) is 27.7 Å². The molecule has 2 rings (SSSR count). The third-order valence-corrected chi connectivity index (χ3v) is 2.31. The molecule has 0 aromatic heterocycles. The Bertz CT molecular complexity index is 355. The molecule has 1 saturated heterocycles. The molecule has 2 atom stereocenters. The van der Waals surface area contributed by atoms with Gasteiger partial charge in [0.05, 0.1) is 13.2 Å². The van der Waals surface area contributed by atoms with Crippen molar-refractivity contribution >= 4 is 0 Å². The van der Waals surface area contributed by atoms with Crippen molar-refractivity contribution in [1.82, 2.24) is 0 Å². The molecule has 1 aromatic carbocycles. The first-order valence-corrected chi connectivity index (χ1v) is 5.23. The lowest BCUT2D eigenvalue weighted by atomic mass is 10.2. The first-order chi connectivity index (χ1) is 7.90. The fourth-order valence-electron chi connectivity index (χ4n) is 1.57. The number of ether oxygens (including phenoxy) is 3. The Morgan fingerprint density at radius 3 is 2.94 bits per heavy atom. The summed E-state index contributed by atoms with van der Waals surface area (Å²) in [5, 5.41) is 0. The number of terminal acetylenes is 1. The van der Waals surface area contributed by atoms with Crippen LogP contribution in [0.3, 0.4) is 0 Å². The average Bonchev–Trinajstić information content (AvgIpc) is 2.79. The van der Waals surface area contributed by atoms with Crippen LogP contribution in [0.2, 0.25) is 0 Å². The first kappa shape index (κ1) is 11.2. The molecule has 84 valence electrons. The summed E-state index contributed by atoms with van der Waals surface area (Å²) in [5.41, 5.74) is 1.03. The Hall–Kier alpha value is -1.34. The Kier molecular flexibility index (Phi) is 3.95. The van der Waals surface area contributed by atoms with Gasteiger partial charge in [-0.25, -0.2) is 0 Å². The standard InChI is InChI=1S/C13H14O3/c1-2-8-14-9-12-10-15-13(16-12)11-6-4-3-5-7-11/h1,3-7,12-13H,8-10H2/t12-,13-/m0/s1. The fourth-order valence-corrected chi connectivity index (χ4v) is 1.57. The van der Waals surface area contributed by atoms with Crippen molar-refractivity contribution in [1.29, 1.82) is 0 Å². The lowest BCUT2D eigenvalue weighted by Crippen LogP contribution is -2.17. The van der Waals surface area contributed by atoms with Crippen molar-refractivity contribution in [2.75, 3.05) is 19.8 Å². The Balaban J connectivity index is 1.82. The van der Waals surface area contributed by atoms with Crippen LogP contribution >= 0.6 is 0 Å². The van der Waals surface area contributed by atoms with Gasteiger partial charge in [-0.15, -0.1) is 6.42 Å². The van der Waals surface area contributed by atoms with E-state index in [1.165, 1.54) is 0 Å². The zero-order valence-electron chi connectivity index (χ0n) is 8.96. The number of benzene rings is 1. The maximum Gasteiger partial charge on any atom is 0.184 e. The van der Waals surface area contributed by atoms with Crippen LogP contribution in [-0.2, 0) is 14.2 Å². The second-order valence-corrected chi connectivity index (χ2v) is 3.55. The molecule has 0 radical (unpaired) electrons. The molecular formula is C13H14O3. The first-order valence-electron chi connectivity index (χ1n) is 5.23. The van der Waals surface area contributed by atoms with Gasteiger partial charge in [-0.3, -0.25) is 0 Å². The van der Waals surface area contributed by atoms with Gasteiger partial charge in [0, 0.05) is 5.56 Å². The highest BCUT2D eigenvalue weighted by atomic mass is 16.7. The van der Waals surface area contributed by atoms with Gasteiger partial charge >= 0.3 is 0 Å². The molecule has 0 N–H and O–H groups in total. The lowest BCUT2D eigenvalue weighted by molar-refractivity contribution is -0.0720. The zero-order valence-corrected chi connectivity index (χ0v) is 8.96. The third-order valence-electron chi connectivity index (χ3n) is 2.31. The van der Waals surface area contributed by atoms with Crippen LogP contribution < -0.4 is 0 Å². The molecule has 3 nitrogen and oxygen atoms in total. The summed E-state index contributed by atoms with van der Waals surface area (Å²) in [7, 11) is 0. The lowest BCUT2D eigenvalue weighted by Gasteiger charge is -2.11. The smallest absolute Gasteiger partial charge is 0.184 e. The van der Waals surface area contributed by atoms with Gasteiger partial charge in [-0.1, -0.05) is 36.3 Å². The van der Waals surface area contributed by atoms with E-state index >= 15 is 0 Å². The monoisotopic (exact) mass is 218 g/mol. The second kappa shape index (κ2) is 5.66. The quantitative estimate of drug-likeness (QED) is 0.569. The van der Waals surface area contributed by atoms with Gasteiger partial charge in [0.25, 0.3) is 0 Å². The van der Waals surface area contributed by atoms with Crippen molar-refractivity contribution in [2.45, 2.75) is 12.4 Å². The van der Waals surface area contributed by atoms with Gasteiger partial charge < -0.3 is 14.2 Å². The highest BCUT2D eigenvalue weighted by Gasteiger charge is 2.26. The predicted octanol–water partition coefficient (Wildman–Crippen LogP) is 1.75. The van der Waals surface area contributed by atoms with Crippen LogP contribution in [0.5, 0.6) is 0 Å². The Morgan fingerprint density at radius 2 is 2.19 bits per heavy atom. The summed E-state index contributed by atoms with van der Waals surface area (Å²) < 4.78 is 16.4. The van der Waals surface area contributed by atoms with Crippen molar-refractivity contribution in [3.63, 3.8) is 0 Å². The highest BCUT2D eigenvalue weighted by Crippen LogP contribution is 2.26. The normalized spacial score (nSPS) is 24.2. The molecule has 1 aliphatic heterocycles. The summed E-state index contributed by atoms with van der Waals surface area (Å²) in [6, 6.07) is 9.85. The van der Waals surface area contributed by atoms with E-state index < -0.39 is 0 Å². The number of rotatable bonds is 4. The maximum atomic E-state index is 5.68. The average molecular weight is 218 g/mol. The van der Waals surface area contributed by atoms with E-state index in [2.05, 4.69) is 5.92 Å². The van der Waals surface area contributed by atoms with Crippen LogP contribution in [0, 0.1) is 12.3 Å². The van der Waals surface area contributed by atoms with Crippen molar-refractivity contribution in [2.24, 2.45) is 0 Å². The van der Waals surface area contributed by atoms with Gasteiger partial charge in [-0.2, -0.15) is 0 Å². The molecule has 0 unspecified atom stereocenters. The van der Waals surface area contributed by atoms with Crippen LogP contribution in [0.1, 0.15) is 11.9 Å². The molecule has 0 saturated carbocycles. The van der Waals surface area contributed by atoms with Gasteiger partial charge in [0.1, 0.15) is 12.7 Å². The van der Waals surface area contributed by atoms with Crippen LogP contribution in [0.15, 0.2) is 30.3 Å². The van der Waals surface area contributed by atoms with E-state index in [-0.39, 0.29) is 12.4 Å². The summed E-state index contributed by atoms with van der Waals surface area (Å²) in [5.74, 6) is 2.42. The molecular weight excluding hydrogens is 204 g/mol. The van der Waals surface area contributed by atoms with Crippen LogP contribution in [-0.4, -0.2) is 25.9 Å². The third kappa shape index (κ3) is 2.83. The van der Waals surface area contributed by atoms with Crippen molar-refractivity contribution in [3.8, 4) is 12.3 Å². The van der Waals surface area contributed by atoms with E-state index in [1.807, 2.05) is 30.3 Å². The molecule has 3 heteroatoms. The van der Waals surface area contributed by atoms with E-state index in [9.17, 15) is 0 Å². The minimum absolute atomic E-state index is 0.0291. The number of hydrogen-bond donors (Lipinski definition) is 0. The van der Waals surface area contributed by atoms with E-state index in [0.29, 0.717) is 19.8 Å². The largest absolute Gasteiger partial charge is 0.366 e. The minimum atomic E-state index is -0.277. The summed E-state index contributed by atoms with van der Waals surface area (Å²) in [6.45, 7) is 1.34. The van der Waals surface area contributed by atoms with E-state index in [1.54, 1.807) is 0 Å². The summed E-state index contributed by atoms with van der Waals surface area (Å²) in [6.07, 6.45) is 4.78. The molecule has 0 bridgehead atoms. The van der Waals surface area contributed by atoms with Crippen molar-refractivity contribution < 1.29 is 14.2 Å². The van der Waals surface area contributed by atoms with Gasteiger partial charge in [0.2, 0.25) is 0 Å². The minimum Gasteiger partial charge on any atom is -0.366 e. The molecule has 1 heterocycles. The molecule has 0 aliphatic carbocycles. The highest BCUT2D eigenvalue weighted by molar-refractivity contribution is 5.16. The second-order valence-electron chi connectivity index (χ2n) is 3.55. The number of hydrogen-bond acceptors (Lipinski definition) is 3. The maximum absolute atomic E-state index is 5.68. The van der Waals surface area contributed by atoms with E-state index in [0.717, 1.165) is 5.56 Å². The SMILES string of the molecule is C#CCOC[C@H]1CO[C@H](c2ccccc2)O1. The molecule has 16 heavy (non-hydrogen) atoms.